The fourth-order valence-corrected chi connectivity index (χ4v) is 4.29. The average Bonchev–Trinajstić information content (AvgIpc) is 3.25. The summed E-state index contributed by atoms with van der Waals surface area (Å²) < 4.78 is 48.4. The van der Waals surface area contributed by atoms with Gasteiger partial charge in [0.15, 0.2) is 0 Å². The zero-order chi connectivity index (χ0) is 29.2. The Balaban J connectivity index is 1.56. The maximum Gasteiger partial charge on any atom is 0.522 e. The van der Waals surface area contributed by atoms with Gasteiger partial charge in [0.2, 0.25) is 0 Å². The Morgan fingerprint density at radius 2 is 1.75 bits per heavy atom. The van der Waals surface area contributed by atoms with Gasteiger partial charge < -0.3 is 26.4 Å². The molecule has 1 unspecified atom stereocenters. The summed E-state index contributed by atoms with van der Waals surface area (Å²) in [6.07, 6.45) is -5.29. The van der Waals surface area contributed by atoms with Crippen LogP contribution in [0.25, 0.3) is 11.3 Å². The Morgan fingerprint density at radius 1 is 1.05 bits per heavy atom. The molecule has 1 fully saturated rings. The van der Waals surface area contributed by atoms with Gasteiger partial charge in [-0.3, -0.25) is 9.53 Å². The van der Waals surface area contributed by atoms with E-state index in [1.165, 1.54) is 0 Å². The van der Waals surface area contributed by atoms with Crippen molar-refractivity contribution in [3.63, 3.8) is 0 Å². The van der Waals surface area contributed by atoms with Crippen molar-refractivity contribution < 1.29 is 32.2 Å². The van der Waals surface area contributed by atoms with Crippen LogP contribution in [-0.2, 0) is 10.3 Å². The number of anilines is 3. The van der Waals surface area contributed by atoms with E-state index < -0.39 is 36.0 Å². The number of rotatable bonds is 8. The molecule has 3 amide bonds. The first-order valence-corrected chi connectivity index (χ1v) is 12.5. The molecule has 0 radical (unpaired) electrons. The number of ether oxygens (including phenoxy) is 2. The number of methoxy groups -OCH3 is 1. The molecule has 0 aliphatic heterocycles. The Morgan fingerprint density at radius 3 is 2.30 bits per heavy atom. The first-order chi connectivity index (χ1) is 18.7. The summed E-state index contributed by atoms with van der Waals surface area (Å²) in [5, 5.41) is 13.1. The number of carbonyl (C=O) groups is 2. The van der Waals surface area contributed by atoms with Crippen molar-refractivity contribution in [3.05, 3.63) is 54.1 Å². The number of hydrogen-bond donors (Lipinski definition) is 4. The fraction of sp³-hybridized carbons (Fsp3) is 0.370. The maximum atomic E-state index is 12.7. The Bertz CT molecular complexity index is 1380. The number of amides is 3. The quantitative estimate of drug-likeness (QED) is 0.294. The van der Waals surface area contributed by atoms with Gasteiger partial charge in [0.05, 0.1) is 24.8 Å². The second kappa shape index (κ2) is 11.1. The number of nitrogens with zero attached hydrogens (tertiary/aromatic N) is 2. The van der Waals surface area contributed by atoms with Gasteiger partial charge in [-0.1, -0.05) is 18.2 Å². The van der Waals surface area contributed by atoms with E-state index in [0.29, 0.717) is 40.6 Å². The highest BCUT2D eigenvalue weighted by atomic mass is 19.4. The van der Waals surface area contributed by atoms with E-state index in [1.54, 1.807) is 54.3 Å². The van der Waals surface area contributed by atoms with Gasteiger partial charge in [-0.15, -0.1) is 13.2 Å². The molecule has 13 heteroatoms. The normalized spacial score (nSPS) is 17.1. The zero-order valence-corrected chi connectivity index (χ0v) is 22.4. The maximum absolute atomic E-state index is 12.7. The van der Waals surface area contributed by atoms with Crippen LogP contribution in [0.1, 0.15) is 44.0 Å². The number of nitrogens with one attached hydrogen (secondary N) is 3. The van der Waals surface area contributed by atoms with Gasteiger partial charge in [0.1, 0.15) is 22.8 Å². The molecule has 214 valence electrons. The number of carbonyl (C=O) groups excluding carboxylic acids is 2. The van der Waals surface area contributed by atoms with Crippen molar-refractivity contribution >= 4 is 29.1 Å². The Hall–Kier alpha value is -4.26. The highest BCUT2D eigenvalue weighted by molar-refractivity contribution is 6.04. The van der Waals surface area contributed by atoms with Crippen LogP contribution in [-0.4, -0.2) is 47.3 Å². The minimum Gasteiger partial charge on any atom is -0.497 e. The molecule has 1 aliphatic carbocycles. The number of urea groups is 1. The lowest BCUT2D eigenvalue weighted by molar-refractivity contribution is -0.353. The molecule has 10 nitrogen and oxygen atoms in total. The number of hydrogen-bond acceptors (Lipinski definition) is 6. The molecule has 0 saturated heterocycles. The van der Waals surface area contributed by atoms with Gasteiger partial charge in [-0.2, -0.15) is 5.10 Å². The van der Waals surface area contributed by atoms with E-state index in [-0.39, 0.29) is 12.0 Å². The highest BCUT2D eigenvalue weighted by Gasteiger charge is 2.42. The summed E-state index contributed by atoms with van der Waals surface area (Å²) in [4.78, 5) is 25.0. The van der Waals surface area contributed by atoms with Crippen LogP contribution in [0, 0.1) is 0 Å². The molecular formula is C27H31F3N6O4. The standard InChI is InChI=1S/C27H31F3N6O4/c1-26(2,3)36-24(32-17-6-5-7-18(14-17)39-4)21(23(31)37)22(35-36)15-8-10-16(11-9-15)33-25(38)34-19-12-13-20(19)40-27(28,29)30/h5-11,14,19-20,32H,12-13H2,1-4H3,(H2,31,37)(H2,33,34,38)/t19-,20?/m0/s1. The largest absolute Gasteiger partial charge is 0.522 e. The minimum absolute atomic E-state index is 0.178. The second-order valence-corrected chi connectivity index (χ2v) is 10.3. The molecular weight excluding hydrogens is 529 g/mol. The number of alkyl halides is 3. The third-order valence-electron chi connectivity index (χ3n) is 6.33. The van der Waals surface area contributed by atoms with Gasteiger partial charge in [0, 0.05) is 23.0 Å². The number of aromatic nitrogens is 2. The third kappa shape index (κ3) is 6.65. The molecule has 1 aromatic heterocycles. The van der Waals surface area contributed by atoms with Gasteiger partial charge >= 0.3 is 12.4 Å². The van der Waals surface area contributed by atoms with Crippen LogP contribution in [0.5, 0.6) is 5.75 Å². The molecule has 4 rings (SSSR count). The van der Waals surface area contributed by atoms with Gasteiger partial charge in [-0.25, -0.2) is 9.48 Å². The van der Waals surface area contributed by atoms with Crippen LogP contribution < -0.4 is 26.4 Å². The molecule has 2 atom stereocenters. The summed E-state index contributed by atoms with van der Waals surface area (Å²) in [6.45, 7) is 5.80. The number of benzene rings is 2. The summed E-state index contributed by atoms with van der Waals surface area (Å²) >= 11 is 0. The molecule has 3 aromatic rings. The minimum atomic E-state index is -4.76. The predicted molar refractivity (Wildman–Crippen MR) is 144 cm³/mol. The lowest BCUT2D eigenvalue weighted by Crippen LogP contribution is -2.54. The van der Waals surface area contributed by atoms with Crippen LogP contribution in [0.4, 0.5) is 35.2 Å². The smallest absolute Gasteiger partial charge is 0.497 e. The van der Waals surface area contributed by atoms with Gasteiger partial charge in [0.25, 0.3) is 5.91 Å². The van der Waals surface area contributed by atoms with Crippen LogP contribution >= 0.6 is 0 Å². The van der Waals surface area contributed by atoms with Crippen molar-refractivity contribution in [3.8, 4) is 17.0 Å². The predicted octanol–water partition coefficient (Wildman–Crippen LogP) is 5.35. The zero-order valence-electron chi connectivity index (χ0n) is 22.4. The van der Waals surface area contributed by atoms with E-state index in [4.69, 9.17) is 15.6 Å². The Labute approximate surface area is 229 Å². The lowest BCUT2D eigenvalue weighted by Gasteiger charge is -2.36. The molecule has 0 spiro atoms. The van der Waals surface area contributed by atoms with E-state index in [1.807, 2.05) is 26.8 Å². The lowest BCUT2D eigenvalue weighted by atomic mass is 9.89. The summed E-state index contributed by atoms with van der Waals surface area (Å²) in [6, 6.07) is 12.3. The van der Waals surface area contributed by atoms with Crippen molar-refractivity contribution in [1.29, 1.82) is 0 Å². The van der Waals surface area contributed by atoms with Crippen LogP contribution in [0.3, 0.4) is 0 Å². The van der Waals surface area contributed by atoms with Crippen molar-refractivity contribution in [2.75, 3.05) is 17.7 Å². The molecule has 2 aromatic carbocycles. The fourth-order valence-electron chi connectivity index (χ4n) is 4.29. The van der Waals surface area contributed by atoms with Gasteiger partial charge in [-0.05, 0) is 57.9 Å². The molecule has 0 bridgehead atoms. The average molecular weight is 561 g/mol. The monoisotopic (exact) mass is 560 g/mol. The van der Waals surface area contributed by atoms with Crippen molar-refractivity contribution in [1.82, 2.24) is 15.1 Å². The number of primary amides is 1. The summed E-state index contributed by atoms with van der Waals surface area (Å²) in [7, 11) is 1.56. The first-order valence-electron chi connectivity index (χ1n) is 12.5. The molecule has 5 N–H and O–H groups in total. The van der Waals surface area contributed by atoms with Crippen molar-refractivity contribution in [2.24, 2.45) is 5.73 Å². The Kier molecular flexibility index (Phi) is 7.96. The van der Waals surface area contributed by atoms with E-state index in [0.717, 1.165) is 0 Å². The molecule has 1 saturated carbocycles. The number of halogens is 3. The van der Waals surface area contributed by atoms with E-state index in [2.05, 4.69) is 20.7 Å². The summed E-state index contributed by atoms with van der Waals surface area (Å²) in [5.41, 5.74) is 7.43. The van der Waals surface area contributed by atoms with Crippen molar-refractivity contribution in [2.45, 2.75) is 57.7 Å². The first kappa shape index (κ1) is 28.7. The van der Waals surface area contributed by atoms with Crippen LogP contribution in [0.15, 0.2) is 48.5 Å². The van der Waals surface area contributed by atoms with E-state index >= 15 is 0 Å². The second-order valence-electron chi connectivity index (χ2n) is 10.3. The topological polar surface area (TPSA) is 133 Å². The third-order valence-corrected chi connectivity index (χ3v) is 6.33. The number of nitrogens with two attached hydrogens (primary N) is 1. The van der Waals surface area contributed by atoms with Crippen LogP contribution in [0.2, 0.25) is 0 Å². The molecule has 1 aliphatic rings. The molecule has 40 heavy (non-hydrogen) atoms. The highest BCUT2D eigenvalue weighted by Crippen LogP contribution is 2.35. The molecule has 1 heterocycles. The SMILES string of the molecule is COc1cccc(Nc2c(C(N)=O)c(-c3ccc(NC(=O)N[C@H]4CCC4OC(F)(F)F)cc3)nn2C(C)(C)C)c1. The summed E-state index contributed by atoms with van der Waals surface area (Å²) in [5.74, 6) is 0.343. The van der Waals surface area contributed by atoms with E-state index in [9.17, 15) is 22.8 Å².